The molecule has 148 valence electrons. The number of rotatable bonds is 5. The van der Waals surface area contributed by atoms with Crippen LogP contribution in [0.5, 0.6) is 0 Å². The summed E-state index contributed by atoms with van der Waals surface area (Å²) >= 11 is 6.58. The summed E-state index contributed by atoms with van der Waals surface area (Å²) in [4.78, 5) is 16.4. The first-order valence-electron chi connectivity index (χ1n) is 10.4. The van der Waals surface area contributed by atoms with Gasteiger partial charge < -0.3 is 9.84 Å². The zero-order valence-electron chi connectivity index (χ0n) is 16.2. The molecule has 1 aromatic carbocycles. The van der Waals surface area contributed by atoms with E-state index in [1.165, 1.54) is 44.1 Å². The molecule has 28 heavy (non-hydrogen) atoms. The normalized spacial score (nSPS) is 30.6. The molecule has 0 saturated heterocycles. The van der Waals surface area contributed by atoms with Crippen molar-refractivity contribution in [2.45, 2.75) is 63.7 Å². The van der Waals surface area contributed by atoms with Crippen LogP contribution in [-0.4, -0.2) is 16.0 Å². The van der Waals surface area contributed by atoms with Crippen molar-refractivity contribution in [2.75, 3.05) is 5.32 Å². The molecule has 1 heterocycles. The van der Waals surface area contributed by atoms with Gasteiger partial charge in [-0.25, -0.2) is 0 Å². The van der Waals surface area contributed by atoms with Gasteiger partial charge in [0.05, 0.1) is 10.7 Å². The van der Waals surface area contributed by atoms with Crippen molar-refractivity contribution in [3.8, 4) is 0 Å². The van der Waals surface area contributed by atoms with Gasteiger partial charge in [-0.05, 0) is 86.3 Å². The summed E-state index contributed by atoms with van der Waals surface area (Å²) < 4.78 is 5.05. The molecule has 0 atom stereocenters. The number of aromatic nitrogens is 2. The van der Waals surface area contributed by atoms with Crippen molar-refractivity contribution >= 4 is 23.2 Å². The van der Waals surface area contributed by atoms with Crippen LogP contribution in [0, 0.1) is 24.7 Å². The van der Waals surface area contributed by atoms with Crippen LogP contribution in [-0.2, 0) is 16.6 Å². The van der Waals surface area contributed by atoms with Crippen LogP contribution in [0.4, 0.5) is 5.69 Å². The summed E-state index contributed by atoms with van der Waals surface area (Å²) in [6.07, 6.45) is 8.94. The lowest BCUT2D eigenvalue weighted by atomic mass is 9.48. The highest BCUT2D eigenvalue weighted by atomic mass is 35.5. The van der Waals surface area contributed by atoms with Gasteiger partial charge in [0.15, 0.2) is 5.82 Å². The minimum absolute atomic E-state index is 0.0969. The van der Waals surface area contributed by atoms with Crippen molar-refractivity contribution in [3.05, 3.63) is 40.5 Å². The van der Waals surface area contributed by atoms with Gasteiger partial charge in [0.1, 0.15) is 0 Å². The van der Waals surface area contributed by atoms with E-state index in [2.05, 4.69) is 27.6 Å². The van der Waals surface area contributed by atoms with Gasteiger partial charge >= 0.3 is 0 Å². The standard InChI is InChI=1S/C22H26ClN3O2/c1-13-24-21(28-26-13)5-4-20(27)25-19-3-2-17(9-18(19)23)22-10-14-6-15(11-22)8-16(7-14)12-22/h2-3,9,14-16H,4-8,10-12H2,1H3,(H,25,27). The van der Waals surface area contributed by atoms with Gasteiger partial charge in [-0.15, -0.1) is 0 Å². The molecule has 1 aromatic heterocycles. The highest BCUT2D eigenvalue weighted by Crippen LogP contribution is 2.60. The Balaban J connectivity index is 1.27. The number of benzene rings is 1. The summed E-state index contributed by atoms with van der Waals surface area (Å²) in [5, 5.41) is 7.30. The number of hydrogen-bond acceptors (Lipinski definition) is 4. The molecule has 4 fully saturated rings. The van der Waals surface area contributed by atoms with Crippen molar-refractivity contribution in [1.82, 2.24) is 10.1 Å². The average Bonchev–Trinajstić information content (AvgIpc) is 3.06. The molecule has 6 heteroatoms. The second kappa shape index (κ2) is 6.87. The number of aryl methyl sites for hydroxylation is 2. The Kier molecular flexibility index (Phi) is 4.46. The number of carbonyl (C=O) groups is 1. The molecule has 0 aliphatic heterocycles. The molecular formula is C22H26ClN3O2. The van der Waals surface area contributed by atoms with Gasteiger partial charge in [-0.3, -0.25) is 4.79 Å². The maximum atomic E-state index is 12.3. The first-order chi connectivity index (χ1) is 13.5. The summed E-state index contributed by atoms with van der Waals surface area (Å²) in [6.45, 7) is 1.76. The second-order valence-electron chi connectivity index (χ2n) is 9.18. The molecule has 1 amide bonds. The monoisotopic (exact) mass is 399 g/mol. The van der Waals surface area contributed by atoms with E-state index in [4.69, 9.17) is 16.1 Å². The Labute approximate surface area is 170 Å². The predicted octanol–water partition coefficient (Wildman–Crippen LogP) is 5.07. The third-order valence-electron chi connectivity index (χ3n) is 7.03. The molecule has 1 N–H and O–H groups in total. The smallest absolute Gasteiger partial charge is 0.227 e. The zero-order valence-corrected chi connectivity index (χ0v) is 17.0. The number of anilines is 1. The van der Waals surface area contributed by atoms with Crippen molar-refractivity contribution in [3.63, 3.8) is 0 Å². The summed E-state index contributed by atoms with van der Waals surface area (Å²) in [7, 11) is 0. The Morgan fingerprint density at radius 2 is 1.89 bits per heavy atom. The van der Waals surface area contributed by atoms with Crippen LogP contribution in [0.25, 0.3) is 0 Å². The minimum Gasteiger partial charge on any atom is -0.339 e. The number of nitrogens with one attached hydrogen (secondary N) is 1. The molecule has 2 aromatic rings. The molecule has 4 aliphatic rings. The van der Waals surface area contributed by atoms with Gasteiger partial charge in [0.25, 0.3) is 0 Å². The molecule has 0 unspecified atom stereocenters. The summed E-state index contributed by atoms with van der Waals surface area (Å²) in [5.74, 6) is 3.67. The molecule has 0 radical (unpaired) electrons. The predicted molar refractivity (Wildman–Crippen MR) is 107 cm³/mol. The van der Waals surface area contributed by atoms with E-state index in [0.717, 1.165) is 17.8 Å². The van der Waals surface area contributed by atoms with E-state index in [0.29, 0.717) is 34.3 Å². The quantitative estimate of drug-likeness (QED) is 0.762. The maximum absolute atomic E-state index is 12.3. The van der Waals surface area contributed by atoms with E-state index in [-0.39, 0.29) is 12.3 Å². The van der Waals surface area contributed by atoms with E-state index < -0.39 is 0 Å². The average molecular weight is 400 g/mol. The number of hydrogen-bond donors (Lipinski definition) is 1. The number of halogens is 1. The third kappa shape index (κ3) is 3.34. The molecule has 4 saturated carbocycles. The summed E-state index contributed by atoms with van der Waals surface area (Å²) in [6, 6.07) is 6.27. The van der Waals surface area contributed by atoms with Crippen LogP contribution >= 0.6 is 11.6 Å². The Hall–Kier alpha value is -1.88. The lowest BCUT2D eigenvalue weighted by molar-refractivity contribution is -0.116. The molecule has 4 aliphatic carbocycles. The van der Waals surface area contributed by atoms with Gasteiger partial charge in [0, 0.05) is 12.8 Å². The first kappa shape index (κ1) is 18.2. The highest BCUT2D eigenvalue weighted by Gasteiger charge is 2.51. The van der Waals surface area contributed by atoms with Gasteiger partial charge in [0.2, 0.25) is 11.8 Å². The molecule has 6 rings (SSSR count). The van der Waals surface area contributed by atoms with Crippen LogP contribution < -0.4 is 5.32 Å². The molecule has 0 spiro atoms. The minimum atomic E-state index is -0.0969. The van der Waals surface area contributed by atoms with E-state index in [1.807, 2.05) is 6.07 Å². The largest absolute Gasteiger partial charge is 0.339 e. The topological polar surface area (TPSA) is 68.0 Å². The maximum Gasteiger partial charge on any atom is 0.227 e. The Morgan fingerprint density at radius 1 is 1.21 bits per heavy atom. The fourth-order valence-corrected chi connectivity index (χ4v) is 6.51. The summed E-state index contributed by atoms with van der Waals surface area (Å²) in [5.41, 5.74) is 2.37. The fraction of sp³-hybridized carbons (Fsp3) is 0.591. The van der Waals surface area contributed by atoms with E-state index in [1.54, 1.807) is 6.92 Å². The molecular weight excluding hydrogens is 374 g/mol. The SMILES string of the molecule is Cc1noc(CCC(=O)Nc2ccc(C34CC5CC(CC(C5)C3)C4)cc2Cl)n1. The van der Waals surface area contributed by atoms with Crippen LogP contribution in [0.15, 0.2) is 22.7 Å². The van der Waals surface area contributed by atoms with E-state index >= 15 is 0 Å². The number of carbonyl (C=O) groups excluding carboxylic acids is 1. The first-order valence-corrected chi connectivity index (χ1v) is 10.8. The fourth-order valence-electron chi connectivity index (χ4n) is 6.29. The van der Waals surface area contributed by atoms with Crippen molar-refractivity contribution in [2.24, 2.45) is 17.8 Å². The lowest BCUT2D eigenvalue weighted by Crippen LogP contribution is -2.48. The lowest BCUT2D eigenvalue weighted by Gasteiger charge is -2.57. The van der Waals surface area contributed by atoms with Crippen LogP contribution in [0.3, 0.4) is 0 Å². The zero-order chi connectivity index (χ0) is 19.3. The number of amides is 1. The Morgan fingerprint density at radius 3 is 2.46 bits per heavy atom. The Bertz CT molecular complexity index is 872. The van der Waals surface area contributed by atoms with Gasteiger partial charge in [-0.2, -0.15) is 4.98 Å². The molecule has 5 nitrogen and oxygen atoms in total. The molecule has 4 bridgehead atoms. The van der Waals surface area contributed by atoms with Crippen molar-refractivity contribution in [1.29, 1.82) is 0 Å². The highest BCUT2D eigenvalue weighted by molar-refractivity contribution is 6.33. The van der Waals surface area contributed by atoms with Gasteiger partial charge in [-0.1, -0.05) is 22.8 Å². The van der Waals surface area contributed by atoms with Crippen molar-refractivity contribution < 1.29 is 9.32 Å². The van der Waals surface area contributed by atoms with Crippen LogP contribution in [0.1, 0.15) is 62.2 Å². The third-order valence-corrected chi connectivity index (χ3v) is 7.34. The van der Waals surface area contributed by atoms with E-state index in [9.17, 15) is 4.79 Å². The van der Waals surface area contributed by atoms with Crippen LogP contribution in [0.2, 0.25) is 5.02 Å². The second-order valence-corrected chi connectivity index (χ2v) is 9.58. The number of nitrogens with zero attached hydrogens (tertiary/aromatic N) is 2.